The Labute approximate surface area is 102 Å². The molecule has 88 valence electrons. The molecule has 0 heterocycles. The van der Waals surface area contributed by atoms with E-state index in [4.69, 9.17) is 11.6 Å². The van der Waals surface area contributed by atoms with E-state index in [9.17, 15) is 4.79 Å². The quantitative estimate of drug-likeness (QED) is 0.786. The Bertz CT molecular complexity index is 324. The largest absolute Gasteiger partial charge is 0.348 e. The van der Waals surface area contributed by atoms with Crippen LogP contribution < -0.4 is 5.32 Å². The topological polar surface area (TPSA) is 29.1 Å². The van der Waals surface area contributed by atoms with Crippen LogP contribution in [0.25, 0.3) is 0 Å². The summed E-state index contributed by atoms with van der Waals surface area (Å²) in [4.78, 5) is 11.3. The van der Waals surface area contributed by atoms with Crippen LogP contribution in [-0.2, 0) is 4.79 Å². The molecule has 1 aromatic rings. The number of rotatable bonds is 5. The van der Waals surface area contributed by atoms with Crippen molar-refractivity contribution in [2.75, 3.05) is 5.88 Å². The molecule has 3 heteroatoms. The van der Waals surface area contributed by atoms with Gasteiger partial charge in [-0.15, -0.1) is 11.6 Å². The van der Waals surface area contributed by atoms with E-state index in [1.165, 1.54) is 0 Å². The van der Waals surface area contributed by atoms with E-state index in [0.29, 0.717) is 5.92 Å². The number of carbonyl (C=O) groups is 1. The summed E-state index contributed by atoms with van der Waals surface area (Å²) in [6.07, 6.45) is 0.923. The Balaban J connectivity index is 2.75. The first-order valence-electron chi connectivity index (χ1n) is 5.53. The van der Waals surface area contributed by atoms with Crippen molar-refractivity contribution in [1.29, 1.82) is 0 Å². The molecule has 0 aromatic heterocycles. The van der Waals surface area contributed by atoms with Crippen molar-refractivity contribution in [3.63, 3.8) is 0 Å². The van der Waals surface area contributed by atoms with E-state index in [1.54, 1.807) is 0 Å². The summed E-state index contributed by atoms with van der Waals surface area (Å²) in [6.45, 7) is 4.28. The van der Waals surface area contributed by atoms with Gasteiger partial charge in [0.1, 0.15) is 5.88 Å². The van der Waals surface area contributed by atoms with Gasteiger partial charge < -0.3 is 5.32 Å². The molecule has 0 spiro atoms. The second-order valence-electron chi connectivity index (χ2n) is 4.29. The van der Waals surface area contributed by atoms with Crippen LogP contribution in [0.5, 0.6) is 0 Å². The van der Waals surface area contributed by atoms with Crippen LogP contribution in [0.1, 0.15) is 31.9 Å². The number of hydrogen-bond donors (Lipinski definition) is 1. The highest BCUT2D eigenvalue weighted by Crippen LogP contribution is 2.20. The molecule has 0 bridgehead atoms. The monoisotopic (exact) mass is 239 g/mol. The molecule has 1 atom stereocenters. The lowest BCUT2D eigenvalue weighted by molar-refractivity contribution is -0.119. The fraction of sp³-hybridized carbons (Fsp3) is 0.462. The van der Waals surface area contributed by atoms with E-state index < -0.39 is 0 Å². The molecule has 16 heavy (non-hydrogen) atoms. The van der Waals surface area contributed by atoms with Gasteiger partial charge in [0, 0.05) is 0 Å². The highest BCUT2D eigenvalue weighted by molar-refractivity contribution is 6.27. The first kappa shape index (κ1) is 13.0. The Morgan fingerprint density at radius 2 is 1.94 bits per heavy atom. The fourth-order valence-corrected chi connectivity index (χ4v) is 1.75. The van der Waals surface area contributed by atoms with Crippen molar-refractivity contribution in [3.8, 4) is 0 Å². The molecule has 0 aliphatic rings. The number of alkyl halides is 1. The fourth-order valence-electron chi connectivity index (χ4n) is 1.67. The zero-order valence-corrected chi connectivity index (χ0v) is 10.5. The molecular weight excluding hydrogens is 222 g/mol. The zero-order chi connectivity index (χ0) is 12.0. The lowest BCUT2D eigenvalue weighted by atomic mass is 9.97. The average molecular weight is 240 g/mol. The minimum absolute atomic E-state index is 0.0153. The van der Waals surface area contributed by atoms with Gasteiger partial charge in [-0.3, -0.25) is 4.79 Å². The summed E-state index contributed by atoms with van der Waals surface area (Å²) >= 11 is 5.51. The smallest absolute Gasteiger partial charge is 0.235 e. The summed E-state index contributed by atoms with van der Waals surface area (Å²) < 4.78 is 0. The first-order chi connectivity index (χ1) is 7.63. The highest BCUT2D eigenvalue weighted by atomic mass is 35.5. The molecular formula is C13H18ClNO. The van der Waals surface area contributed by atoms with E-state index in [1.807, 2.05) is 30.3 Å². The van der Waals surface area contributed by atoms with Gasteiger partial charge in [0.15, 0.2) is 0 Å². The second kappa shape index (κ2) is 6.54. The van der Waals surface area contributed by atoms with Gasteiger partial charge in [0.25, 0.3) is 0 Å². The zero-order valence-electron chi connectivity index (χ0n) is 9.74. The normalized spacial score (nSPS) is 12.5. The predicted molar refractivity (Wildman–Crippen MR) is 67.5 cm³/mol. The minimum atomic E-state index is -0.115. The SMILES string of the molecule is CC(C)C[C@H](NC(=O)CCl)c1ccccc1. The molecule has 2 nitrogen and oxygen atoms in total. The van der Waals surface area contributed by atoms with Crippen molar-refractivity contribution < 1.29 is 4.79 Å². The third-order valence-electron chi connectivity index (χ3n) is 2.37. The maximum absolute atomic E-state index is 11.3. The highest BCUT2D eigenvalue weighted by Gasteiger charge is 2.14. The van der Waals surface area contributed by atoms with Crippen LogP contribution in [0.3, 0.4) is 0 Å². The minimum Gasteiger partial charge on any atom is -0.348 e. The van der Waals surface area contributed by atoms with Gasteiger partial charge in [-0.25, -0.2) is 0 Å². The van der Waals surface area contributed by atoms with Crippen molar-refractivity contribution in [1.82, 2.24) is 5.32 Å². The van der Waals surface area contributed by atoms with Gasteiger partial charge in [-0.05, 0) is 17.9 Å². The van der Waals surface area contributed by atoms with E-state index in [-0.39, 0.29) is 17.8 Å². The van der Waals surface area contributed by atoms with Crippen molar-refractivity contribution in [3.05, 3.63) is 35.9 Å². The molecule has 0 fully saturated rings. The van der Waals surface area contributed by atoms with E-state index >= 15 is 0 Å². The summed E-state index contributed by atoms with van der Waals surface area (Å²) in [5, 5.41) is 2.94. The molecule has 0 saturated carbocycles. The van der Waals surface area contributed by atoms with Gasteiger partial charge in [-0.1, -0.05) is 44.2 Å². The number of halogens is 1. The van der Waals surface area contributed by atoms with Crippen LogP contribution >= 0.6 is 11.6 Å². The second-order valence-corrected chi connectivity index (χ2v) is 4.56. The van der Waals surface area contributed by atoms with Crippen LogP contribution in [0, 0.1) is 5.92 Å². The maximum Gasteiger partial charge on any atom is 0.235 e. The Hall–Kier alpha value is -1.02. The van der Waals surface area contributed by atoms with Crippen LogP contribution in [-0.4, -0.2) is 11.8 Å². The Morgan fingerprint density at radius 3 is 2.44 bits per heavy atom. The molecule has 0 unspecified atom stereocenters. The average Bonchev–Trinajstić information content (AvgIpc) is 2.28. The number of nitrogens with one attached hydrogen (secondary N) is 1. The van der Waals surface area contributed by atoms with E-state index in [2.05, 4.69) is 19.2 Å². The summed E-state index contributed by atoms with van der Waals surface area (Å²) in [5.74, 6) is 0.429. The molecule has 1 amide bonds. The lowest BCUT2D eigenvalue weighted by Crippen LogP contribution is -2.30. The Kier molecular flexibility index (Phi) is 5.33. The summed E-state index contributed by atoms with van der Waals surface area (Å²) in [6, 6.07) is 10.1. The standard InChI is InChI=1S/C13H18ClNO/c1-10(2)8-12(15-13(16)9-14)11-6-4-3-5-7-11/h3-7,10,12H,8-9H2,1-2H3,(H,15,16)/t12-/m0/s1. The third kappa shape index (κ3) is 4.23. The molecule has 1 rings (SSSR count). The van der Waals surface area contributed by atoms with Crippen molar-refractivity contribution >= 4 is 17.5 Å². The third-order valence-corrected chi connectivity index (χ3v) is 2.61. The van der Waals surface area contributed by atoms with Gasteiger partial charge in [0.05, 0.1) is 6.04 Å². The first-order valence-corrected chi connectivity index (χ1v) is 6.07. The Morgan fingerprint density at radius 1 is 1.31 bits per heavy atom. The number of carbonyl (C=O) groups excluding carboxylic acids is 1. The van der Waals surface area contributed by atoms with Crippen LogP contribution in [0.15, 0.2) is 30.3 Å². The molecule has 0 radical (unpaired) electrons. The summed E-state index contributed by atoms with van der Waals surface area (Å²) in [7, 11) is 0. The number of benzene rings is 1. The van der Waals surface area contributed by atoms with Gasteiger partial charge in [0.2, 0.25) is 5.91 Å². The molecule has 0 aliphatic heterocycles. The van der Waals surface area contributed by atoms with Gasteiger partial charge in [-0.2, -0.15) is 0 Å². The molecule has 0 saturated heterocycles. The molecule has 0 aliphatic carbocycles. The summed E-state index contributed by atoms with van der Waals surface area (Å²) in [5.41, 5.74) is 1.13. The number of hydrogen-bond acceptors (Lipinski definition) is 1. The van der Waals surface area contributed by atoms with Gasteiger partial charge >= 0.3 is 0 Å². The maximum atomic E-state index is 11.3. The van der Waals surface area contributed by atoms with E-state index in [0.717, 1.165) is 12.0 Å². The number of amides is 1. The van der Waals surface area contributed by atoms with Crippen LogP contribution in [0.2, 0.25) is 0 Å². The molecule has 1 N–H and O–H groups in total. The lowest BCUT2D eigenvalue weighted by Gasteiger charge is -2.20. The predicted octanol–water partition coefficient (Wildman–Crippen LogP) is 3.13. The van der Waals surface area contributed by atoms with Crippen molar-refractivity contribution in [2.24, 2.45) is 5.92 Å². The van der Waals surface area contributed by atoms with Crippen LogP contribution in [0.4, 0.5) is 0 Å². The van der Waals surface area contributed by atoms with Crippen molar-refractivity contribution in [2.45, 2.75) is 26.3 Å². The molecule has 1 aromatic carbocycles.